The number of imidazole rings is 1. The van der Waals surface area contributed by atoms with Gasteiger partial charge in [0.15, 0.2) is 0 Å². The van der Waals surface area contributed by atoms with Crippen LogP contribution in [-0.4, -0.2) is 37.0 Å². The third-order valence-corrected chi connectivity index (χ3v) is 10.4. The molecule has 8 nitrogen and oxygen atoms in total. The van der Waals surface area contributed by atoms with Crippen molar-refractivity contribution >= 4 is 50.7 Å². The summed E-state index contributed by atoms with van der Waals surface area (Å²) in [4.78, 5) is 16.8. The van der Waals surface area contributed by atoms with Crippen molar-refractivity contribution in [2.45, 2.75) is 46.5 Å². The fourth-order valence-corrected chi connectivity index (χ4v) is 7.64. The van der Waals surface area contributed by atoms with Crippen LogP contribution in [0.4, 0.5) is 11.4 Å². The highest BCUT2D eigenvalue weighted by atomic mass is 35.5. The van der Waals surface area contributed by atoms with Crippen LogP contribution >= 0.6 is 23.2 Å². The van der Waals surface area contributed by atoms with Crippen LogP contribution in [0.25, 0.3) is 28.1 Å². The first-order valence-corrected chi connectivity index (χ1v) is 18.6. The Hall–Kier alpha value is -4.31. The molecule has 254 valence electrons. The first-order chi connectivity index (χ1) is 23.5. The minimum Gasteiger partial charge on any atom is -0.385 e. The molecular weight excluding hydrogens is 677 g/mol. The zero-order valence-electron chi connectivity index (χ0n) is 27.7. The summed E-state index contributed by atoms with van der Waals surface area (Å²) < 4.78 is 29.8. The normalized spacial score (nSPS) is 14.0. The molecule has 0 unspecified atom stereocenters. The van der Waals surface area contributed by atoms with E-state index in [-0.39, 0.29) is 6.54 Å². The molecule has 11 heteroatoms. The molecule has 1 fully saturated rings. The summed E-state index contributed by atoms with van der Waals surface area (Å²) in [5.41, 5.74) is 8.51. The fourth-order valence-electron chi connectivity index (χ4n) is 5.99. The van der Waals surface area contributed by atoms with Gasteiger partial charge in [-0.15, -0.1) is 0 Å². The number of aromatic nitrogens is 2. The number of unbranched alkanes of at least 4 members (excludes halogenated alkanes) is 1. The third kappa shape index (κ3) is 7.96. The summed E-state index contributed by atoms with van der Waals surface area (Å²) in [6, 6.07) is 27.6. The van der Waals surface area contributed by atoms with Gasteiger partial charge < -0.3 is 9.88 Å². The molecule has 0 spiro atoms. The highest BCUT2D eigenvalue weighted by Crippen LogP contribution is 2.33. The lowest BCUT2D eigenvalue weighted by atomic mass is 9.96. The molecule has 1 aliphatic rings. The molecule has 5 aromatic rings. The molecule has 2 N–H and O–H groups in total. The minimum atomic E-state index is -3.91. The van der Waals surface area contributed by atoms with E-state index in [0.717, 1.165) is 63.9 Å². The number of amides is 1. The van der Waals surface area contributed by atoms with E-state index in [9.17, 15) is 13.2 Å². The number of carbonyl (C=O) groups is 1. The second kappa shape index (κ2) is 14.7. The van der Waals surface area contributed by atoms with E-state index in [0.29, 0.717) is 33.8 Å². The van der Waals surface area contributed by atoms with Gasteiger partial charge in [0.25, 0.3) is 5.91 Å². The molecule has 1 amide bonds. The summed E-state index contributed by atoms with van der Waals surface area (Å²) in [5.74, 6) is 0.777. The van der Waals surface area contributed by atoms with Crippen molar-refractivity contribution in [2.75, 3.05) is 22.7 Å². The standard InChI is InChI=1S/C38H39Cl2N5O3S/c1-4-5-18-41-35-21-28(10-11-29(35)19-25(2)3)27-8-6-26(7-9-27)20-37-42-36(33-17-12-30(39)22-34(33)40)23-44(37)31-13-15-32(16-14-31)45-24-38(46)43-49(45,47)48/h6-17,21-23,25,41H,4-5,18-20,24H2,1-3H3,(H,43,46). The van der Waals surface area contributed by atoms with Gasteiger partial charge in [0.05, 0.1) is 16.4 Å². The molecule has 1 saturated heterocycles. The van der Waals surface area contributed by atoms with E-state index in [1.165, 1.54) is 11.3 Å². The number of rotatable bonds is 12. The van der Waals surface area contributed by atoms with E-state index in [1.807, 2.05) is 33.7 Å². The van der Waals surface area contributed by atoms with Gasteiger partial charge in [-0.2, -0.15) is 8.42 Å². The van der Waals surface area contributed by atoms with E-state index in [4.69, 9.17) is 28.2 Å². The molecule has 0 radical (unpaired) electrons. The van der Waals surface area contributed by atoms with Crippen molar-refractivity contribution in [2.24, 2.45) is 5.92 Å². The summed E-state index contributed by atoms with van der Waals surface area (Å²) >= 11 is 12.8. The van der Waals surface area contributed by atoms with Gasteiger partial charge in [0.2, 0.25) is 0 Å². The number of carbonyl (C=O) groups excluding carboxylic acids is 1. The van der Waals surface area contributed by atoms with Crippen LogP contribution in [-0.2, 0) is 27.8 Å². The molecule has 0 aliphatic carbocycles. The molecule has 49 heavy (non-hydrogen) atoms. The maximum absolute atomic E-state index is 12.4. The summed E-state index contributed by atoms with van der Waals surface area (Å²) in [7, 11) is -3.91. The van der Waals surface area contributed by atoms with E-state index in [2.05, 4.69) is 68.6 Å². The Labute approximate surface area is 298 Å². The third-order valence-electron chi connectivity index (χ3n) is 8.46. The monoisotopic (exact) mass is 715 g/mol. The molecule has 1 aliphatic heterocycles. The zero-order valence-corrected chi connectivity index (χ0v) is 30.0. The minimum absolute atomic E-state index is 0.258. The highest BCUT2D eigenvalue weighted by Gasteiger charge is 2.34. The summed E-state index contributed by atoms with van der Waals surface area (Å²) in [6.07, 6.45) is 5.75. The van der Waals surface area contributed by atoms with Crippen molar-refractivity contribution < 1.29 is 13.2 Å². The van der Waals surface area contributed by atoms with Gasteiger partial charge in [-0.3, -0.25) is 4.79 Å². The average molecular weight is 717 g/mol. The number of hydrogen-bond donors (Lipinski definition) is 2. The molecule has 6 rings (SSSR count). The molecule has 4 aromatic carbocycles. The maximum atomic E-state index is 12.4. The SMILES string of the molecule is CCCCNc1cc(-c2ccc(Cc3nc(-c4ccc(Cl)cc4Cl)cn3-c3ccc(N4CC(=O)NS4(=O)=O)cc3)cc2)ccc1CC(C)C. The largest absolute Gasteiger partial charge is 0.385 e. The van der Waals surface area contributed by atoms with Gasteiger partial charge in [0, 0.05) is 41.1 Å². The number of nitrogens with one attached hydrogen (secondary N) is 2. The molecule has 0 atom stereocenters. The van der Waals surface area contributed by atoms with Crippen LogP contribution in [0.3, 0.4) is 0 Å². The van der Waals surface area contributed by atoms with Crippen molar-refractivity contribution in [1.82, 2.24) is 14.3 Å². The predicted molar refractivity (Wildman–Crippen MR) is 200 cm³/mol. The lowest BCUT2D eigenvalue weighted by Gasteiger charge is -2.16. The molecule has 0 saturated carbocycles. The van der Waals surface area contributed by atoms with Crippen molar-refractivity contribution in [3.8, 4) is 28.1 Å². The van der Waals surface area contributed by atoms with Gasteiger partial charge in [-0.25, -0.2) is 14.0 Å². The predicted octanol–water partition coefficient (Wildman–Crippen LogP) is 8.70. The number of nitrogens with zero attached hydrogens (tertiary/aromatic N) is 3. The number of benzene rings is 4. The van der Waals surface area contributed by atoms with Crippen LogP contribution < -0.4 is 14.3 Å². The van der Waals surface area contributed by atoms with Crippen LogP contribution in [0.5, 0.6) is 0 Å². The summed E-state index contributed by atoms with van der Waals surface area (Å²) in [5, 5.41) is 4.69. The Morgan fingerprint density at radius 2 is 1.63 bits per heavy atom. The summed E-state index contributed by atoms with van der Waals surface area (Å²) in [6.45, 7) is 7.40. The second-order valence-electron chi connectivity index (χ2n) is 12.7. The van der Waals surface area contributed by atoms with E-state index >= 15 is 0 Å². The van der Waals surface area contributed by atoms with E-state index < -0.39 is 16.1 Å². The van der Waals surface area contributed by atoms with Crippen molar-refractivity contribution in [3.05, 3.63) is 118 Å². The van der Waals surface area contributed by atoms with Crippen LogP contribution in [0.2, 0.25) is 10.0 Å². The Balaban J connectivity index is 1.30. The van der Waals surface area contributed by atoms with Gasteiger partial charge in [-0.1, -0.05) is 86.8 Å². The molecule has 0 bridgehead atoms. The number of halogens is 2. The molecular formula is C38H39Cl2N5O3S. The Bertz CT molecular complexity index is 2080. The number of hydrogen-bond acceptors (Lipinski definition) is 5. The second-order valence-corrected chi connectivity index (χ2v) is 15.2. The lowest BCUT2D eigenvalue weighted by Crippen LogP contribution is -2.29. The Morgan fingerprint density at radius 1 is 0.918 bits per heavy atom. The van der Waals surface area contributed by atoms with Crippen LogP contribution in [0.15, 0.2) is 91.1 Å². The quantitative estimate of drug-likeness (QED) is 0.126. The Morgan fingerprint density at radius 3 is 2.29 bits per heavy atom. The fraction of sp³-hybridized carbons (Fsp3) is 0.263. The molecule has 2 heterocycles. The maximum Gasteiger partial charge on any atom is 0.326 e. The zero-order chi connectivity index (χ0) is 34.7. The van der Waals surface area contributed by atoms with Gasteiger partial charge in [0.1, 0.15) is 12.4 Å². The first-order valence-electron chi connectivity index (χ1n) is 16.4. The average Bonchev–Trinajstić information content (AvgIpc) is 3.60. The van der Waals surface area contributed by atoms with E-state index in [1.54, 1.807) is 24.3 Å². The van der Waals surface area contributed by atoms with Crippen molar-refractivity contribution in [1.29, 1.82) is 0 Å². The van der Waals surface area contributed by atoms with Crippen LogP contribution in [0.1, 0.15) is 50.6 Å². The Kier molecular flexibility index (Phi) is 10.3. The molecule has 1 aromatic heterocycles. The van der Waals surface area contributed by atoms with Gasteiger partial charge >= 0.3 is 10.2 Å². The first kappa shape index (κ1) is 34.5. The topological polar surface area (TPSA) is 96.3 Å². The van der Waals surface area contributed by atoms with Crippen LogP contribution in [0, 0.1) is 5.92 Å². The lowest BCUT2D eigenvalue weighted by molar-refractivity contribution is -0.117. The van der Waals surface area contributed by atoms with Gasteiger partial charge in [-0.05, 0) is 89.5 Å². The smallest absolute Gasteiger partial charge is 0.326 e. The number of anilines is 2. The highest BCUT2D eigenvalue weighted by molar-refractivity contribution is 7.92. The van der Waals surface area contributed by atoms with Crippen molar-refractivity contribution in [3.63, 3.8) is 0 Å².